The molecule has 3 amide bonds. The van der Waals surface area contributed by atoms with Gasteiger partial charge in [0, 0.05) is 59.9 Å². The third-order valence-corrected chi connectivity index (χ3v) is 7.62. The number of benzene rings is 2. The third-order valence-electron chi connectivity index (χ3n) is 7.21. The van der Waals surface area contributed by atoms with Gasteiger partial charge >= 0.3 is 0 Å². The molecule has 0 bridgehead atoms. The zero-order chi connectivity index (χ0) is 22.5. The number of rotatable bonds is 2. The van der Waals surface area contributed by atoms with Gasteiger partial charge in [-0.25, -0.2) is 0 Å². The second-order valence-electron chi connectivity index (χ2n) is 9.27. The number of nitrogens with one attached hydrogen (secondary N) is 1. The summed E-state index contributed by atoms with van der Waals surface area (Å²) in [7, 11) is 0. The lowest BCUT2D eigenvalue weighted by atomic mass is 9.79. The molecule has 7 heteroatoms. The monoisotopic (exact) mass is 451 g/mol. The summed E-state index contributed by atoms with van der Waals surface area (Å²) in [5.41, 5.74) is 3.55. The van der Waals surface area contributed by atoms with Crippen LogP contribution in [0.5, 0.6) is 0 Å². The number of hydrogen-bond donors (Lipinski definition) is 1. The molecule has 2 saturated heterocycles. The van der Waals surface area contributed by atoms with E-state index in [0.717, 1.165) is 36.9 Å². The predicted molar refractivity (Wildman–Crippen MR) is 122 cm³/mol. The molecule has 32 heavy (non-hydrogen) atoms. The van der Waals surface area contributed by atoms with Crippen LogP contribution >= 0.6 is 11.6 Å². The quantitative estimate of drug-likeness (QED) is 0.757. The molecule has 1 atom stereocenters. The Kier molecular flexibility index (Phi) is 5.20. The fraction of sp³-hybridized carbons (Fsp3) is 0.400. The summed E-state index contributed by atoms with van der Waals surface area (Å²) in [6.07, 6.45) is 2.83. The van der Waals surface area contributed by atoms with Gasteiger partial charge in [0.05, 0.1) is 0 Å². The van der Waals surface area contributed by atoms with Crippen LogP contribution in [0.1, 0.15) is 61.5 Å². The maximum atomic E-state index is 13.2. The Balaban J connectivity index is 1.30. The number of halogens is 1. The summed E-state index contributed by atoms with van der Waals surface area (Å²) in [4.78, 5) is 42.1. The lowest BCUT2D eigenvalue weighted by Crippen LogP contribution is -2.47. The van der Waals surface area contributed by atoms with Gasteiger partial charge in [0.25, 0.3) is 17.7 Å². The Morgan fingerprint density at radius 1 is 1.03 bits per heavy atom. The number of nitrogens with zero attached hydrogens (tertiary/aromatic N) is 2. The first kappa shape index (κ1) is 21.0. The zero-order valence-corrected chi connectivity index (χ0v) is 18.9. The van der Waals surface area contributed by atoms with Crippen molar-refractivity contribution in [2.75, 3.05) is 26.2 Å². The van der Waals surface area contributed by atoms with E-state index in [4.69, 9.17) is 11.6 Å². The predicted octanol–water partition coefficient (Wildman–Crippen LogP) is 3.66. The summed E-state index contributed by atoms with van der Waals surface area (Å²) in [6, 6.07) is 10.8. The fourth-order valence-electron chi connectivity index (χ4n) is 5.38. The minimum atomic E-state index is -0.0824. The van der Waals surface area contributed by atoms with Crippen LogP contribution < -0.4 is 5.32 Å². The Morgan fingerprint density at radius 2 is 1.81 bits per heavy atom. The van der Waals surface area contributed by atoms with E-state index < -0.39 is 0 Å². The van der Waals surface area contributed by atoms with Crippen molar-refractivity contribution in [2.45, 2.75) is 32.7 Å². The SMILES string of the molecule is Cc1c(Cl)cccc1C(=O)N1CCCC2(CCN(C(=O)c3ccc4c(c3)CNC4=O)C2)C1. The lowest BCUT2D eigenvalue weighted by molar-refractivity contribution is 0.0515. The van der Waals surface area contributed by atoms with E-state index in [-0.39, 0.29) is 23.1 Å². The molecule has 1 N–H and O–H groups in total. The number of amides is 3. The zero-order valence-electron chi connectivity index (χ0n) is 18.1. The Hall–Kier alpha value is -2.86. The molecule has 0 saturated carbocycles. The summed E-state index contributed by atoms with van der Waals surface area (Å²) >= 11 is 6.24. The topological polar surface area (TPSA) is 69.7 Å². The standard InChI is InChI=1S/C25H26ClN3O3/c1-16-19(4-2-5-21(16)26)24(32)28-10-3-8-25(14-28)9-11-29(15-25)23(31)17-6-7-20-18(12-17)13-27-22(20)30/h2,4-7,12H,3,8-11,13-15H2,1H3,(H,27,30). The maximum absolute atomic E-state index is 13.2. The highest BCUT2D eigenvalue weighted by atomic mass is 35.5. The molecule has 166 valence electrons. The maximum Gasteiger partial charge on any atom is 0.254 e. The van der Waals surface area contributed by atoms with E-state index >= 15 is 0 Å². The van der Waals surface area contributed by atoms with Gasteiger partial charge in [-0.2, -0.15) is 0 Å². The van der Waals surface area contributed by atoms with Gasteiger partial charge in [-0.1, -0.05) is 17.7 Å². The molecule has 1 unspecified atom stereocenters. The summed E-state index contributed by atoms with van der Waals surface area (Å²) in [6.45, 7) is 5.07. The van der Waals surface area contributed by atoms with E-state index in [2.05, 4.69) is 5.32 Å². The van der Waals surface area contributed by atoms with Crippen molar-refractivity contribution in [3.63, 3.8) is 0 Å². The van der Waals surface area contributed by atoms with E-state index in [1.807, 2.05) is 34.9 Å². The van der Waals surface area contributed by atoms with E-state index in [0.29, 0.717) is 47.9 Å². The van der Waals surface area contributed by atoms with Crippen LogP contribution in [0.15, 0.2) is 36.4 Å². The second-order valence-corrected chi connectivity index (χ2v) is 9.68. The molecular weight excluding hydrogens is 426 g/mol. The number of fused-ring (bicyclic) bond motifs is 1. The summed E-state index contributed by atoms with van der Waals surface area (Å²) in [5, 5.41) is 3.40. The summed E-state index contributed by atoms with van der Waals surface area (Å²) < 4.78 is 0. The molecule has 0 aliphatic carbocycles. The summed E-state index contributed by atoms with van der Waals surface area (Å²) in [5.74, 6) is -0.0659. The van der Waals surface area contributed by atoms with Crippen molar-refractivity contribution < 1.29 is 14.4 Å². The highest BCUT2D eigenvalue weighted by molar-refractivity contribution is 6.31. The van der Waals surface area contributed by atoms with Gasteiger partial charge < -0.3 is 15.1 Å². The second kappa shape index (κ2) is 7.93. The molecule has 1 spiro atoms. The first-order chi connectivity index (χ1) is 15.4. The lowest BCUT2D eigenvalue weighted by Gasteiger charge is -2.40. The van der Waals surface area contributed by atoms with Gasteiger partial charge in [-0.05, 0) is 67.6 Å². The van der Waals surface area contributed by atoms with Gasteiger partial charge in [-0.3, -0.25) is 14.4 Å². The van der Waals surface area contributed by atoms with Crippen LogP contribution in [-0.2, 0) is 6.54 Å². The minimum absolute atomic E-state index is 0.00170. The molecule has 0 radical (unpaired) electrons. The molecule has 5 rings (SSSR count). The van der Waals surface area contributed by atoms with Crippen LogP contribution in [-0.4, -0.2) is 53.7 Å². The molecule has 6 nitrogen and oxygen atoms in total. The normalized spacial score (nSPS) is 22.2. The van der Waals surface area contributed by atoms with E-state index in [1.54, 1.807) is 18.2 Å². The minimum Gasteiger partial charge on any atom is -0.348 e. The Labute approximate surface area is 192 Å². The average molecular weight is 452 g/mol. The smallest absolute Gasteiger partial charge is 0.254 e. The largest absolute Gasteiger partial charge is 0.348 e. The highest BCUT2D eigenvalue weighted by Crippen LogP contribution is 2.40. The van der Waals surface area contributed by atoms with Crippen molar-refractivity contribution in [3.05, 3.63) is 69.2 Å². The van der Waals surface area contributed by atoms with Crippen molar-refractivity contribution >= 4 is 29.3 Å². The number of hydrogen-bond acceptors (Lipinski definition) is 3. The van der Waals surface area contributed by atoms with Gasteiger partial charge in [0.15, 0.2) is 0 Å². The molecule has 2 fully saturated rings. The van der Waals surface area contributed by atoms with Crippen LogP contribution in [0.2, 0.25) is 5.02 Å². The van der Waals surface area contributed by atoms with Gasteiger partial charge in [0.2, 0.25) is 0 Å². The van der Waals surface area contributed by atoms with Crippen LogP contribution in [0, 0.1) is 12.3 Å². The Bertz CT molecular complexity index is 1130. The number of piperidine rings is 1. The molecule has 2 aromatic carbocycles. The third kappa shape index (κ3) is 3.56. The molecular formula is C25H26ClN3O3. The van der Waals surface area contributed by atoms with Crippen molar-refractivity contribution in [1.82, 2.24) is 15.1 Å². The van der Waals surface area contributed by atoms with Crippen molar-refractivity contribution in [2.24, 2.45) is 5.41 Å². The number of carbonyl (C=O) groups is 3. The number of carbonyl (C=O) groups excluding carboxylic acids is 3. The molecule has 0 aromatic heterocycles. The first-order valence-corrected chi connectivity index (χ1v) is 11.5. The number of likely N-dealkylation sites (tertiary alicyclic amines) is 2. The van der Waals surface area contributed by atoms with E-state index in [9.17, 15) is 14.4 Å². The van der Waals surface area contributed by atoms with Crippen molar-refractivity contribution in [1.29, 1.82) is 0 Å². The van der Waals surface area contributed by atoms with Gasteiger partial charge in [0.1, 0.15) is 0 Å². The van der Waals surface area contributed by atoms with E-state index in [1.165, 1.54) is 0 Å². The van der Waals surface area contributed by atoms with Crippen LogP contribution in [0.3, 0.4) is 0 Å². The fourth-order valence-corrected chi connectivity index (χ4v) is 5.55. The Morgan fingerprint density at radius 3 is 2.62 bits per heavy atom. The first-order valence-electron chi connectivity index (χ1n) is 11.1. The highest BCUT2D eigenvalue weighted by Gasteiger charge is 2.44. The molecule has 3 aliphatic rings. The van der Waals surface area contributed by atoms with Crippen LogP contribution in [0.25, 0.3) is 0 Å². The van der Waals surface area contributed by atoms with Crippen molar-refractivity contribution in [3.8, 4) is 0 Å². The molecule has 2 aromatic rings. The molecule has 3 aliphatic heterocycles. The average Bonchev–Trinajstić information content (AvgIpc) is 3.38. The molecule has 3 heterocycles. The van der Waals surface area contributed by atoms with Crippen LogP contribution in [0.4, 0.5) is 0 Å². The van der Waals surface area contributed by atoms with Gasteiger partial charge in [-0.15, -0.1) is 0 Å².